The van der Waals surface area contributed by atoms with Crippen molar-refractivity contribution in [2.24, 2.45) is 0 Å². The molecule has 1 aliphatic rings. The Bertz CT molecular complexity index is 785. The molecule has 3 rings (SSSR count). The number of hydrogen-bond acceptors (Lipinski definition) is 2. The fourth-order valence-corrected chi connectivity index (χ4v) is 3.46. The molecule has 1 heterocycles. The fraction of sp³-hybridized carbons (Fsp3) is 0.391. The van der Waals surface area contributed by atoms with E-state index in [1.807, 2.05) is 43.3 Å². The van der Waals surface area contributed by atoms with Gasteiger partial charge in [0.2, 0.25) is 0 Å². The Morgan fingerprint density at radius 2 is 2.00 bits per heavy atom. The second kappa shape index (κ2) is 7.14. The van der Waals surface area contributed by atoms with Gasteiger partial charge in [-0.3, -0.25) is 0 Å². The quantitative estimate of drug-likeness (QED) is 0.610. The summed E-state index contributed by atoms with van der Waals surface area (Å²) in [5, 5.41) is 0. The molecule has 0 radical (unpaired) electrons. The first kappa shape index (κ1) is 18.5. The van der Waals surface area contributed by atoms with E-state index in [1.54, 1.807) is 0 Å². The van der Waals surface area contributed by atoms with Crippen molar-refractivity contribution in [2.45, 2.75) is 51.4 Å². The Hall–Kier alpha value is -2.29. The lowest BCUT2D eigenvalue weighted by atomic mass is 9.92. The highest BCUT2D eigenvalue weighted by atomic mass is 19.1. The van der Waals surface area contributed by atoms with Gasteiger partial charge in [0, 0.05) is 19.5 Å². The summed E-state index contributed by atoms with van der Waals surface area (Å²) < 4.78 is 21.2. The molecule has 0 N–H and O–H groups in total. The molecule has 0 bridgehead atoms. The molecule has 2 aromatic rings. The van der Waals surface area contributed by atoms with Gasteiger partial charge in [-0.2, -0.15) is 0 Å². The summed E-state index contributed by atoms with van der Waals surface area (Å²) in [6.07, 6.45) is 2.72. The average Bonchev–Trinajstić information content (AvgIpc) is 2.77. The van der Waals surface area contributed by atoms with Crippen LogP contribution in [0.1, 0.15) is 44.7 Å². The highest BCUT2D eigenvalue weighted by Crippen LogP contribution is 2.37. The van der Waals surface area contributed by atoms with Crippen molar-refractivity contribution in [3.8, 4) is 5.75 Å². The second-order valence-corrected chi connectivity index (χ2v) is 7.62. The number of ether oxygens (including phenoxy) is 1. The first-order valence-corrected chi connectivity index (χ1v) is 9.32. The van der Waals surface area contributed by atoms with Crippen LogP contribution in [0.5, 0.6) is 5.75 Å². The molecule has 138 valence electrons. The van der Waals surface area contributed by atoms with Gasteiger partial charge in [0.25, 0.3) is 0 Å². The third-order valence-electron chi connectivity index (χ3n) is 5.19. The lowest BCUT2D eigenvalue weighted by Crippen LogP contribution is -2.31. The number of nitrogens with zero attached hydrogens (tertiary/aromatic N) is 1. The Morgan fingerprint density at radius 1 is 1.23 bits per heavy atom. The molecule has 0 aromatic heterocycles. The second-order valence-electron chi connectivity index (χ2n) is 7.62. The van der Waals surface area contributed by atoms with E-state index >= 15 is 0 Å². The van der Waals surface area contributed by atoms with Crippen LogP contribution in [0, 0.1) is 0 Å². The summed E-state index contributed by atoms with van der Waals surface area (Å²) in [4.78, 5) is 2.32. The SMILES string of the molecule is C=CC(F)(CC)c1cccc(CN2CCC(C)(C)Oc3ccccc32)c1. The van der Waals surface area contributed by atoms with Gasteiger partial charge in [0.05, 0.1) is 5.69 Å². The molecular weight excluding hydrogens is 325 g/mol. The molecule has 0 saturated heterocycles. The number of anilines is 1. The fourth-order valence-electron chi connectivity index (χ4n) is 3.46. The number of fused-ring (bicyclic) bond motifs is 1. The summed E-state index contributed by atoms with van der Waals surface area (Å²) in [5.74, 6) is 0.908. The first-order chi connectivity index (χ1) is 12.4. The number of halogens is 1. The minimum absolute atomic E-state index is 0.203. The van der Waals surface area contributed by atoms with Crippen LogP contribution in [0.25, 0.3) is 0 Å². The molecule has 3 heteroatoms. The highest BCUT2D eigenvalue weighted by Gasteiger charge is 2.29. The monoisotopic (exact) mass is 353 g/mol. The molecule has 26 heavy (non-hydrogen) atoms. The predicted octanol–water partition coefficient (Wildman–Crippen LogP) is 6.02. The molecule has 1 atom stereocenters. The van der Waals surface area contributed by atoms with Crippen LogP contribution in [0.4, 0.5) is 10.1 Å². The van der Waals surface area contributed by atoms with E-state index in [1.165, 1.54) is 6.08 Å². The minimum atomic E-state index is -1.47. The number of para-hydroxylation sites is 2. The van der Waals surface area contributed by atoms with E-state index < -0.39 is 5.67 Å². The molecule has 0 amide bonds. The number of rotatable bonds is 5. The zero-order valence-electron chi connectivity index (χ0n) is 16.0. The summed E-state index contributed by atoms with van der Waals surface area (Å²) in [6, 6.07) is 15.9. The normalized spacial score (nSPS) is 18.2. The van der Waals surface area contributed by atoms with Crippen LogP contribution in [-0.2, 0) is 12.2 Å². The van der Waals surface area contributed by atoms with Gasteiger partial charge in [-0.15, -0.1) is 0 Å². The summed E-state index contributed by atoms with van der Waals surface area (Å²) in [5.41, 5.74) is 1.18. The molecule has 0 aliphatic carbocycles. The minimum Gasteiger partial charge on any atom is -0.486 e. The zero-order chi connectivity index (χ0) is 18.8. The maximum atomic E-state index is 15.0. The van der Waals surface area contributed by atoms with Crippen molar-refractivity contribution in [1.82, 2.24) is 0 Å². The maximum Gasteiger partial charge on any atom is 0.153 e. The number of benzene rings is 2. The Kier molecular flexibility index (Phi) is 5.08. The van der Waals surface area contributed by atoms with Crippen molar-refractivity contribution in [2.75, 3.05) is 11.4 Å². The maximum absolute atomic E-state index is 15.0. The van der Waals surface area contributed by atoms with Crippen LogP contribution in [-0.4, -0.2) is 12.1 Å². The van der Waals surface area contributed by atoms with Crippen LogP contribution in [0.15, 0.2) is 61.2 Å². The topological polar surface area (TPSA) is 12.5 Å². The van der Waals surface area contributed by atoms with Crippen LogP contribution >= 0.6 is 0 Å². The van der Waals surface area contributed by atoms with E-state index in [0.29, 0.717) is 12.0 Å². The van der Waals surface area contributed by atoms with E-state index in [2.05, 4.69) is 37.5 Å². The smallest absolute Gasteiger partial charge is 0.153 e. The van der Waals surface area contributed by atoms with Gasteiger partial charge >= 0.3 is 0 Å². The van der Waals surface area contributed by atoms with E-state index in [-0.39, 0.29) is 5.60 Å². The predicted molar refractivity (Wildman–Crippen MR) is 107 cm³/mol. The summed E-state index contributed by atoms with van der Waals surface area (Å²) in [6.45, 7) is 11.4. The molecule has 2 nitrogen and oxygen atoms in total. The summed E-state index contributed by atoms with van der Waals surface area (Å²) in [7, 11) is 0. The number of hydrogen-bond donors (Lipinski definition) is 0. The molecule has 0 fully saturated rings. The van der Waals surface area contributed by atoms with Crippen LogP contribution < -0.4 is 9.64 Å². The number of alkyl halides is 1. The average molecular weight is 353 g/mol. The van der Waals surface area contributed by atoms with Crippen molar-refractivity contribution in [3.63, 3.8) is 0 Å². The van der Waals surface area contributed by atoms with Gasteiger partial charge in [0.15, 0.2) is 5.67 Å². The van der Waals surface area contributed by atoms with Crippen molar-refractivity contribution in [3.05, 3.63) is 72.3 Å². The van der Waals surface area contributed by atoms with Gasteiger partial charge in [-0.05, 0) is 43.5 Å². The molecule has 0 spiro atoms. The Morgan fingerprint density at radius 3 is 2.73 bits per heavy atom. The lowest BCUT2D eigenvalue weighted by molar-refractivity contribution is 0.108. The van der Waals surface area contributed by atoms with E-state index in [9.17, 15) is 4.39 Å². The zero-order valence-corrected chi connectivity index (χ0v) is 16.0. The van der Waals surface area contributed by atoms with E-state index in [0.717, 1.165) is 36.5 Å². The van der Waals surface area contributed by atoms with Gasteiger partial charge in [-0.25, -0.2) is 4.39 Å². The highest BCUT2D eigenvalue weighted by molar-refractivity contribution is 5.59. The molecule has 0 saturated carbocycles. The van der Waals surface area contributed by atoms with Gasteiger partial charge < -0.3 is 9.64 Å². The lowest BCUT2D eigenvalue weighted by Gasteiger charge is -2.25. The summed E-state index contributed by atoms with van der Waals surface area (Å²) >= 11 is 0. The molecular formula is C23H28FNO. The first-order valence-electron chi connectivity index (χ1n) is 9.32. The third kappa shape index (κ3) is 3.77. The van der Waals surface area contributed by atoms with Crippen molar-refractivity contribution < 1.29 is 9.13 Å². The largest absolute Gasteiger partial charge is 0.486 e. The third-order valence-corrected chi connectivity index (χ3v) is 5.19. The Labute approximate surface area is 156 Å². The molecule has 1 aliphatic heterocycles. The van der Waals surface area contributed by atoms with Crippen LogP contribution in [0.3, 0.4) is 0 Å². The van der Waals surface area contributed by atoms with Crippen molar-refractivity contribution >= 4 is 5.69 Å². The number of allylic oxidation sites excluding steroid dienone is 1. The van der Waals surface area contributed by atoms with E-state index in [4.69, 9.17) is 4.74 Å². The van der Waals surface area contributed by atoms with Gasteiger partial charge in [0.1, 0.15) is 11.4 Å². The van der Waals surface area contributed by atoms with Crippen LogP contribution in [0.2, 0.25) is 0 Å². The van der Waals surface area contributed by atoms with Crippen molar-refractivity contribution in [1.29, 1.82) is 0 Å². The standard InChI is InChI=1S/C23H28FNO/c1-5-23(24,6-2)19-11-9-10-18(16-19)17-25-15-14-22(3,4)26-21-13-8-7-12-20(21)25/h5,7-13,16H,1,6,14-15,17H2,2-4H3. The van der Waals surface area contributed by atoms with Gasteiger partial charge in [-0.1, -0.05) is 56.0 Å². The Balaban J connectivity index is 1.91. The molecule has 1 unspecified atom stereocenters. The molecule has 2 aromatic carbocycles.